The first-order valence-electron chi connectivity index (χ1n) is 5.43. The lowest BCUT2D eigenvalue weighted by Crippen LogP contribution is -2.22. The van der Waals surface area contributed by atoms with E-state index in [9.17, 15) is 9.59 Å². The number of carbonyl (C=O) groups excluding carboxylic acids is 2. The van der Waals surface area contributed by atoms with Crippen molar-refractivity contribution in [1.29, 1.82) is 0 Å². The molecule has 0 aliphatic carbocycles. The van der Waals surface area contributed by atoms with Crippen molar-refractivity contribution < 1.29 is 9.59 Å². The third kappa shape index (κ3) is 2.71. The monoisotopic (exact) mass is 312 g/mol. The molecule has 6 nitrogen and oxygen atoms in total. The number of urea groups is 1. The summed E-state index contributed by atoms with van der Waals surface area (Å²) in [5, 5.41) is 2.97. The fourth-order valence-corrected chi connectivity index (χ4v) is 2.13. The highest BCUT2D eigenvalue weighted by atomic mass is 35.5. The largest absolute Gasteiger partial charge is 0.365 e. The smallest absolute Gasteiger partial charge is 0.317 e. The molecule has 0 aliphatic rings. The Morgan fingerprint density at radius 1 is 1.20 bits per heavy atom. The number of halogens is 2. The number of benzene rings is 1. The molecule has 1 heterocycles. The lowest BCUT2D eigenvalue weighted by Gasteiger charge is -2.03. The Morgan fingerprint density at radius 3 is 2.50 bits per heavy atom. The van der Waals surface area contributed by atoms with Crippen LogP contribution in [0.4, 0.5) is 10.6 Å². The van der Waals surface area contributed by atoms with Gasteiger partial charge in [0.15, 0.2) is 0 Å². The van der Waals surface area contributed by atoms with Crippen LogP contribution in [0.25, 0.3) is 11.3 Å². The van der Waals surface area contributed by atoms with Gasteiger partial charge in [0.25, 0.3) is 5.91 Å². The molecule has 0 fully saturated rings. The molecule has 1 aromatic carbocycles. The zero-order valence-corrected chi connectivity index (χ0v) is 11.5. The minimum Gasteiger partial charge on any atom is -0.365 e. The number of amides is 3. The number of anilines is 1. The van der Waals surface area contributed by atoms with E-state index in [1.165, 1.54) is 6.07 Å². The Kier molecular flexibility index (Phi) is 3.87. The topological polar surface area (TPSA) is 114 Å². The molecule has 104 valence electrons. The third-order valence-electron chi connectivity index (χ3n) is 2.57. The van der Waals surface area contributed by atoms with Crippen LogP contribution in [0.2, 0.25) is 10.0 Å². The second kappa shape index (κ2) is 5.44. The Bertz CT molecular complexity index is 697. The molecular formula is C12H10Cl2N4O2. The van der Waals surface area contributed by atoms with Crippen molar-refractivity contribution >= 4 is 41.0 Å². The molecule has 1 aromatic heterocycles. The van der Waals surface area contributed by atoms with Crippen molar-refractivity contribution in [2.24, 2.45) is 11.5 Å². The summed E-state index contributed by atoms with van der Waals surface area (Å²) < 4.78 is 0. The number of nitrogens with two attached hydrogens (primary N) is 2. The van der Waals surface area contributed by atoms with Crippen LogP contribution in [-0.4, -0.2) is 16.9 Å². The highest BCUT2D eigenvalue weighted by Crippen LogP contribution is 2.34. The number of carbonyl (C=O) groups is 2. The van der Waals surface area contributed by atoms with Crippen LogP contribution in [0.15, 0.2) is 24.3 Å². The van der Waals surface area contributed by atoms with Crippen molar-refractivity contribution in [2.45, 2.75) is 0 Å². The molecule has 0 unspecified atom stereocenters. The molecule has 0 aliphatic heterocycles. The number of H-pyrrole nitrogens is 1. The number of aromatic amines is 1. The van der Waals surface area contributed by atoms with Crippen molar-refractivity contribution in [3.63, 3.8) is 0 Å². The van der Waals surface area contributed by atoms with Gasteiger partial charge >= 0.3 is 6.03 Å². The van der Waals surface area contributed by atoms with Gasteiger partial charge in [-0.1, -0.05) is 35.3 Å². The van der Waals surface area contributed by atoms with Crippen LogP contribution < -0.4 is 16.8 Å². The predicted octanol–water partition coefficient (Wildman–Crippen LogP) is 2.58. The van der Waals surface area contributed by atoms with E-state index in [1.807, 2.05) is 0 Å². The molecule has 20 heavy (non-hydrogen) atoms. The molecule has 0 atom stereocenters. The van der Waals surface area contributed by atoms with E-state index in [0.29, 0.717) is 21.3 Å². The fourth-order valence-electron chi connectivity index (χ4n) is 1.73. The molecule has 8 heteroatoms. The van der Waals surface area contributed by atoms with Gasteiger partial charge in [-0.05, 0) is 12.1 Å². The Balaban J connectivity index is 2.55. The summed E-state index contributed by atoms with van der Waals surface area (Å²) >= 11 is 12.0. The third-order valence-corrected chi connectivity index (χ3v) is 3.39. The number of hydrogen-bond acceptors (Lipinski definition) is 2. The van der Waals surface area contributed by atoms with Crippen molar-refractivity contribution in [3.8, 4) is 11.3 Å². The first-order chi connectivity index (χ1) is 9.40. The van der Waals surface area contributed by atoms with Crippen LogP contribution in [0, 0.1) is 0 Å². The second-order valence-corrected chi connectivity index (χ2v) is 4.71. The molecule has 0 saturated heterocycles. The van der Waals surface area contributed by atoms with Gasteiger partial charge in [0.1, 0.15) is 5.82 Å². The summed E-state index contributed by atoms with van der Waals surface area (Å²) in [4.78, 5) is 25.1. The zero-order chi connectivity index (χ0) is 14.9. The fraction of sp³-hybridized carbons (Fsp3) is 0. The van der Waals surface area contributed by atoms with Crippen LogP contribution in [0.3, 0.4) is 0 Å². The van der Waals surface area contributed by atoms with Gasteiger partial charge in [-0.25, -0.2) is 4.79 Å². The number of rotatable bonds is 3. The van der Waals surface area contributed by atoms with E-state index >= 15 is 0 Å². The maximum absolute atomic E-state index is 11.4. The summed E-state index contributed by atoms with van der Waals surface area (Å²) in [6.07, 6.45) is 0. The van der Waals surface area contributed by atoms with Gasteiger partial charge in [0.2, 0.25) is 0 Å². The second-order valence-electron chi connectivity index (χ2n) is 3.93. The maximum Gasteiger partial charge on any atom is 0.317 e. The normalized spacial score (nSPS) is 10.3. The molecule has 6 N–H and O–H groups in total. The van der Waals surface area contributed by atoms with Gasteiger partial charge in [0.05, 0.1) is 15.6 Å². The minimum atomic E-state index is -0.821. The van der Waals surface area contributed by atoms with Gasteiger partial charge in [-0.3, -0.25) is 10.1 Å². The Hall–Kier alpha value is -2.18. The summed E-state index contributed by atoms with van der Waals surface area (Å²) in [5.74, 6) is -0.606. The van der Waals surface area contributed by atoms with Crippen LogP contribution in [0.5, 0.6) is 0 Å². The maximum atomic E-state index is 11.4. The van der Waals surface area contributed by atoms with E-state index < -0.39 is 11.9 Å². The summed E-state index contributed by atoms with van der Waals surface area (Å²) in [5.41, 5.74) is 11.4. The molecule has 0 bridgehead atoms. The number of primary amides is 2. The van der Waals surface area contributed by atoms with Crippen LogP contribution >= 0.6 is 23.2 Å². The minimum absolute atomic E-state index is 0.0924. The number of nitrogens with one attached hydrogen (secondary N) is 2. The number of hydrogen-bond donors (Lipinski definition) is 4. The lowest BCUT2D eigenvalue weighted by molar-refractivity contribution is 0.100. The molecule has 0 radical (unpaired) electrons. The van der Waals surface area contributed by atoms with Crippen LogP contribution in [0.1, 0.15) is 10.4 Å². The van der Waals surface area contributed by atoms with Crippen LogP contribution in [-0.2, 0) is 0 Å². The Morgan fingerprint density at radius 2 is 1.90 bits per heavy atom. The zero-order valence-electron chi connectivity index (χ0n) is 10.0. The van der Waals surface area contributed by atoms with E-state index in [0.717, 1.165) is 0 Å². The van der Waals surface area contributed by atoms with Gasteiger partial charge in [-0.2, -0.15) is 0 Å². The SMILES string of the molecule is NC(=O)Nc1[nH]c(-c2cccc(Cl)c2Cl)cc1C(N)=O. The number of aromatic nitrogens is 1. The molecule has 0 spiro atoms. The molecule has 2 rings (SSSR count). The van der Waals surface area contributed by atoms with Gasteiger partial charge < -0.3 is 16.5 Å². The first kappa shape index (κ1) is 14.2. The van der Waals surface area contributed by atoms with Crippen molar-refractivity contribution in [2.75, 3.05) is 5.32 Å². The standard InChI is InChI=1S/C12H10Cl2N4O2/c13-7-3-1-2-5(9(7)14)8-4-6(10(15)19)11(17-8)18-12(16)20/h1-4,17H,(H2,15,19)(H3,16,18,20). The highest BCUT2D eigenvalue weighted by molar-refractivity contribution is 6.43. The summed E-state index contributed by atoms with van der Waals surface area (Å²) in [6, 6.07) is 5.69. The summed E-state index contributed by atoms with van der Waals surface area (Å²) in [7, 11) is 0. The van der Waals surface area contributed by atoms with Crippen molar-refractivity contribution in [1.82, 2.24) is 4.98 Å². The van der Waals surface area contributed by atoms with E-state index in [2.05, 4.69) is 10.3 Å². The highest BCUT2D eigenvalue weighted by Gasteiger charge is 2.17. The molecular weight excluding hydrogens is 303 g/mol. The average Bonchev–Trinajstić information content (AvgIpc) is 2.75. The van der Waals surface area contributed by atoms with Gasteiger partial charge in [-0.15, -0.1) is 0 Å². The molecule has 2 aromatic rings. The Labute approximate surface area is 124 Å². The molecule has 0 saturated carbocycles. The first-order valence-corrected chi connectivity index (χ1v) is 6.19. The van der Waals surface area contributed by atoms with Gasteiger partial charge in [0, 0.05) is 11.3 Å². The predicted molar refractivity (Wildman–Crippen MR) is 78.0 cm³/mol. The van der Waals surface area contributed by atoms with E-state index in [-0.39, 0.29) is 11.4 Å². The molecule has 3 amide bonds. The lowest BCUT2D eigenvalue weighted by atomic mass is 10.1. The van der Waals surface area contributed by atoms with E-state index in [1.54, 1.807) is 18.2 Å². The summed E-state index contributed by atoms with van der Waals surface area (Å²) in [6.45, 7) is 0. The van der Waals surface area contributed by atoms with Crippen molar-refractivity contribution in [3.05, 3.63) is 39.9 Å². The average molecular weight is 313 g/mol. The van der Waals surface area contributed by atoms with E-state index in [4.69, 9.17) is 34.7 Å². The quantitative estimate of drug-likeness (QED) is 0.697.